The van der Waals surface area contributed by atoms with Gasteiger partial charge in [0.2, 0.25) is 0 Å². The molecule has 234 valence electrons. The van der Waals surface area contributed by atoms with Gasteiger partial charge in [0.1, 0.15) is 5.69 Å². The molecule has 1 fully saturated rings. The quantitative estimate of drug-likeness (QED) is 0.167. The van der Waals surface area contributed by atoms with E-state index in [0.29, 0.717) is 12.1 Å². The highest BCUT2D eigenvalue weighted by atomic mass is 16.7. The highest BCUT2D eigenvalue weighted by Crippen LogP contribution is 2.38. The van der Waals surface area contributed by atoms with Crippen molar-refractivity contribution in [2.24, 2.45) is 0 Å². The average Bonchev–Trinajstić information content (AvgIpc) is 3.10. The number of likely N-dealkylation sites (N-methyl/N-ethyl adjacent to an activating group) is 1. The minimum absolute atomic E-state index is 0.00744. The maximum atomic E-state index is 13.0. The van der Waals surface area contributed by atoms with Crippen LogP contribution in [0, 0.1) is 0 Å². The largest absolute Gasteiger partial charge is 0.392 e. The van der Waals surface area contributed by atoms with Gasteiger partial charge in [0.15, 0.2) is 6.29 Å². The Morgan fingerprint density at radius 2 is 1.67 bits per heavy atom. The van der Waals surface area contributed by atoms with E-state index >= 15 is 0 Å². The molecule has 46 heavy (non-hydrogen) atoms. The fraction of sp³-hybridized carbons (Fsp3) is 0.237. The highest BCUT2D eigenvalue weighted by molar-refractivity contribution is 5.93. The van der Waals surface area contributed by atoms with Crippen molar-refractivity contribution in [3.63, 3.8) is 0 Å². The normalized spacial score (nSPS) is 18.0. The molecule has 2 N–H and O–H groups in total. The van der Waals surface area contributed by atoms with Crippen LogP contribution in [0.5, 0.6) is 0 Å². The van der Waals surface area contributed by atoms with E-state index < -0.39 is 6.29 Å². The van der Waals surface area contributed by atoms with Gasteiger partial charge in [-0.1, -0.05) is 91.0 Å². The Morgan fingerprint density at radius 1 is 0.957 bits per heavy atom. The van der Waals surface area contributed by atoms with E-state index in [4.69, 9.17) is 9.47 Å². The van der Waals surface area contributed by atoms with Gasteiger partial charge in [-0.15, -0.1) is 6.58 Å². The van der Waals surface area contributed by atoms with Gasteiger partial charge in [0, 0.05) is 31.6 Å². The van der Waals surface area contributed by atoms with Crippen molar-refractivity contribution in [1.29, 1.82) is 0 Å². The molecule has 0 bridgehead atoms. The summed E-state index contributed by atoms with van der Waals surface area (Å²) in [6.45, 7) is 5.73. The highest BCUT2D eigenvalue weighted by Gasteiger charge is 2.32. The second-order valence-corrected chi connectivity index (χ2v) is 11.6. The number of nitrogens with zero attached hydrogens (tertiary/aromatic N) is 3. The molecular weight excluding hydrogens is 576 g/mol. The molecule has 6 rings (SSSR count). The average molecular weight is 615 g/mol. The first kappa shape index (κ1) is 31.3. The molecule has 1 aliphatic rings. The molecule has 8 nitrogen and oxygen atoms in total. The van der Waals surface area contributed by atoms with Crippen LogP contribution in [0.25, 0.3) is 22.2 Å². The maximum absolute atomic E-state index is 13.0. The summed E-state index contributed by atoms with van der Waals surface area (Å²) < 4.78 is 13.0. The topological polar surface area (TPSA) is 96.8 Å². The number of rotatable bonds is 11. The van der Waals surface area contributed by atoms with E-state index in [2.05, 4.69) is 52.0 Å². The molecule has 1 amide bonds. The summed E-state index contributed by atoms with van der Waals surface area (Å²) in [4.78, 5) is 24.0. The number of hydrogen-bond donors (Lipinski definition) is 2. The van der Waals surface area contributed by atoms with Crippen LogP contribution in [0.15, 0.2) is 116 Å². The van der Waals surface area contributed by atoms with E-state index in [9.17, 15) is 9.90 Å². The Morgan fingerprint density at radius 3 is 2.43 bits per heavy atom. The molecule has 5 aromatic rings. The molecule has 3 atom stereocenters. The molecule has 1 saturated heterocycles. The third kappa shape index (κ3) is 7.38. The summed E-state index contributed by atoms with van der Waals surface area (Å²) >= 11 is 0. The predicted octanol–water partition coefficient (Wildman–Crippen LogP) is 6.38. The van der Waals surface area contributed by atoms with E-state index in [0.717, 1.165) is 58.4 Å². The zero-order valence-electron chi connectivity index (χ0n) is 25.9. The fourth-order valence-electron chi connectivity index (χ4n) is 5.78. The Balaban J connectivity index is 1.18. The van der Waals surface area contributed by atoms with Crippen molar-refractivity contribution in [3.8, 4) is 11.1 Å². The minimum atomic E-state index is -0.537. The van der Waals surface area contributed by atoms with Crippen molar-refractivity contribution in [2.45, 2.75) is 38.1 Å². The molecule has 0 radical (unpaired) electrons. The number of benzene rings is 4. The molecule has 8 heteroatoms. The summed E-state index contributed by atoms with van der Waals surface area (Å²) in [6, 6.07) is 31.7. The monoisotopic (exact) mass is 614 g/mol. The first-order valence-corrected chi connectivity index (χ1v) is 15.5. The Kier molecular flexibility index (Phi) is 9.91. The van der Waals surface area contributed by atoms with Crippen LogP contribution in [0.1, 0.15) is 51.6 Å². The lowest BCUT2D eigenvalue weighted by Crippen LogP contribution is -2.37. The lowest BCUT2D eigenvalue weighted by Gasteiger charge is -2.37. The smallest absolute Gasteiger partial charge is 0.271 e. The van der Waals surface area contributed by atoms with Gasteiger partial charge in [0.05, 0.1) is 36.0 Å². The van der Waals surface area contributed by atoms with Crippen LogP contribution in [0.2, 0.25) is 0 Å². The summed E-state index contributed by atoms with van der Waals surface area (Å²) in [5, 5.41) is 12.5. The van der Waals surface area contributed by atoms with Gasteiger partial charge in [-0.25, -0.2) is 4.98 Å². The SMILES string of the molecule is C=CCN(C)C[C@H]1C[C@@H](c2ccc(CO)cc2)O[C@@H](c2ccc(-c3ccccc3CNC(=O)c3cnc4ccccc4n3)cc2)O1. The van der Waals surface area contributed by atoms with Gasteiger partial charge in [-0.2, -0.15) is 0 Å². The first-order valence-electron chi connectivity index (χ1n) is 15.5. The number of aliphatic hydroxyl groups is 1. The van der Waals surface area contributed by atoms with Gasteiger partial charge < -0.3 is 24.8 Å². The third-order valence-corrected chi connectivity index (χ3v) is 8.20. The summed E-state index contributed by atoms with van der Waals surface area (Å²) in [5.74, 6) is -0.274. The molecule has 2 heterocycles. The molecular formula is C38H38N4O4. The number of amides is 1. The number of fused-ring (bicyclic) bond motifs is 1. The molecule has 0 aliphatic carbocycles. The maximum Gasteiger partial charge on any atom is 0.271 e. The first-order chi connectivity index (χ1) is 22.5. The molecule has 0 unspecified atom stereocenters. The zero-order chi connectivity index (χ0) is 31.9. The second kappa shape index (κ2) is 14.6. The number of aliphatic hydroxyl groups excluding tert-OH is 1. The number of carbonyl (C=O) groups is 1. The number of hydrogen-bond acceptors (Lipinski definition) is 7. The van der Waals surface area contributed by atoms with Crippen LogP contribution in [0.4, 0.5) is 0 Å². The summed E-state index contributed by atoms with van der Waals surface area (Å²) in [6.07, 6.45) is 3.39. The summed E-state index contributed by atoms with van der Waals surface area (Å²) in [7, 11) is 2.06. The third-order valence-electron chi connectivity index (χ3n) is 8.20. The van der Waals surface area contributed by atoms with Crippen molar-refractivity contribution in [2.75, 3.05) is 20.1 Å². The van der Waals surface area contributed by atoms with Gasteiger partial charge in [-0.05, 0) is 47.0 Å². The lowest BCUT2D eigenvalue weighted by molar-refractivity contribution is -0.252. The van der Waals surface area contributed by atoms with Gasteiger partial charge >= 0.3 is 0 Å². The fourth-order valence-corrected chi connectivity index (χ4v) is 5.78. The van der Waals surface area contributed by atoms with Crippen LogP contribution < -0.4 is 5.32 Å². The molecule has 0 saturated carbocycles. The number of aromatic nitrogens is 2. The van der Waals surface area contributed by atoms with E-state index in [-0.39, 0.29) is 30.4 Å². The van der Waals surface area contributed by atoms with E-state index in [1.165, 1.54) is 6.20 Å². The second-order valence-electron chi connectivity index (χ2n) is 11.6. The molecule has 4 aromatic carbocycles. The van der Waals surface area contributed by atoms with Crippen molar-refractivity contribution in [3.05, 3.63) is 144 Å². The van der Waals surface area contributed by atoms with Gasteiger partial charge in [-0.3, -0.25) is 9.78 Å². The lowest BCUT2D eigenvalue weighted by atomic mass is 9.97. The zero-order valence-corrected chi connectivity index (χ0v) is 25.9. The van der Waals surface area contributed by atoms with Crippen molar-refractivity contribution < 1.29 is 19.4 Å². The number of carbonyl (C=O) groups excluding carboxylic acids is 1. The molecule has 1 aliphatic heterocycles. The Hall–Kier alpha value is -4.73. The Labute approximate surface area is 269 Å². The van der Waals surface area contributed by atoms with Crippen LogP contribution in [0.3, 0.4) is 0 Å². The number of nitrogens with one attached hydrogen (secondary N) is 1. The van der Waals surface area contributed by atoms with Crippen molar-refractivity contribution in [1.82, 2.24) is 20.2 Å². The standard InChI is InChI=1S/C38H38N4O4/c1-3-20-42(2)24-31-21-36(28-14-12-26(25-43)13-15-28)46-38(45-31)29-18-16-27(17-19-29)32-9-5-4-8-30(32)22-40-37(44)35-23-39-33-10-6-7-11-34(33)41-35/h3-19,23,31,36,38,43H,1,20-22,24-25H2,2H3,(H,40,44)/t31-,36+,38+/m1/s1. The van der Waals surface area contributed by atoms with Gasteiger partial charge in [0.25, 0.3) is 5.91 Å². The van der Waals surface area contributed by atoms with E-state index in [1.54, 1.807) is 0 Å². The minimum Gasteiger partial charge on any atom is -0.392 e. The van der Waals surface area contributed by atoms with Crippen molar-refractivity contribution >= 4 is 16.9 Å². The van der Waals surface area contributed by atoms with E-state index in [1.807, 2.05) is 84.9 Å². The Bertz CT molecular complexity index is 1790. The summed E-state index contributed by atoms with van der Waals surface area (Å²) in [5.41, 5.74) is 7.60. The predicted molar refractivity (Wildman–Crippen MR) is 179 cm³/mol. The number of para-hydroxylation sites is 2. The van der Waals surface area contributed by atoms with Crippen LogP contribution >= 0.6 is 0 Å². The molecule has 1 aromatic heterocycles. The number of ether oxygens (including phenoxy) is 2. The van der Waals surface area contributed by atoms with Crippen LogP contribution in [-0.2, 0) is 22.6 Å². The molecule has 0 spiro atoms. The van der Waals surface area contributed by atoms with Crippen LogP contribution in [-0.4, -0.2) is 52.1 Å².